The molecule has 1 aromatic heterocycles. The number of carboxylic acid groups (broad SMARTS) is 1. The third kappa shape index (κ3) is 3.67. The number of carbonyl (C=O) groups excluding carboxylic acids is 1. The first-order valence-electron chi connectivity index (χ1n) is 9.77. The molecule has 148 valence electrons. The Labute approximate surface area is 164 Å². The SMILES string of the molecule is CC(=O)N1CC2(CCN(Cc3ccc(-n4cccn4)cc3)CC2)C[C@@H]1C(=O)O. The Hall–Kier alpha value is -2.67. The van der Waals surface area contributed by atoms with Gasteiger partial charge in [0.05, 0.1) is 5.69 Å². The first-order chi connectivity index (χ1) is 13.5. The van der Waals surface area contributed by atoms with Crippen LogP contribution in [-0.4, -0.2) is 62.2 Å². The number of hydrogen-bond donors (Lipinski definition) is 1. The Morgan fingerprint density at radius 1 is 1.21 bits per heavy atom. The lowest BCUT2D eigenvalue weighted by Crippen LogP contribution is -2.42. The van der Waals surface area contributed by atoms with Crippen molar-refractivity contribution >= 4 is 11.9 Å². The van der Waals surface area contributed by atoms with Crippen molar-refractivity contribution in [3.8, 4) is 5.69 Å². The summed E-state index contributed by atoms with van der Waals surface area (Å²) in [5.41, 5.74) is 2.25. The van der Waals surface area contributed by atoms with Gasteiger partial charge >= 0.3 is 5.97 Å². The molecule has 2 fully saturated rings. The van der Waals surface area contributed by atoms with E-state index in [1.807, 2.05) is 16.9 Å². The standard InChI is InChI=1S/C21H26N4O3/c1-16(26)24-15-21(13-19(24)20(27)28)7-11-23(12-8-21)14-17-3-5-18(6-4-17)25-10-2-9-22-25/h2-6,9-10,19H,7-8,11-15H2,1H3,(H,27,28)/t19-/m1/s1. The van der Waals surface area contributed by atoms with E-state index in [2.05, 4.69) is 34.3 Å². The van der Waals surface area contributed by atoms with Gasteiger partial charge in [0.15, 0.2) is 0 Å². The maximum atomic E-state index is 11.9. The van der Waals surface area contributed by atoms with E-state index in [-0.39, 0.29) is 11.3 Å². The van der Waals surface area contributed by atoms with E-state index in [1.165, 1.54) is 12.5 Å². The van der Waals surface area contributed by atoms with E-state index in [4.69, 9.17) is 0 Å². The first-order valence-corrected chi connectivity index (χ1v) is 9.77. The molecular weight excluding hydrogens is 356 g/mol. The Kier molecular flexibility index (Phi) is 4.93. The van der Waals surface area contributed by atoms with Crippen LogP contribution in [-0.2, 0) is 16.1 Å². The molecule has 1 atom stereocenters. The fraction of sp³-hybridized carbons (Fsp3) is 0.476. The second kappa shape index (κ2) is 7.39. The molecule has 1 aromatic carbocycles. The van der Waals surface area contributed by atoms with Crippen LogP contribution in [0.25, 0.3) is 5.69 Å². The highest BCUT2D eigenvalue weighted by Gasteiger charge is 2.48. The fourth-order valence-electron chi connectivity index (χ4n) is 4.59. The third-order valence-electron chi connectivity index (χ3n) is 6.23. The summed E-state index contributed by atoms with van der Waals surface area (Å²) in [5.74, 6) is -1.02. The number of nitrogens with zero attached hydrogens (tertiary/aromatic N) is 4. The van der Waals surface area contributed by atoms with E-state index < -0.39 is 12.0 Å². The number of carbonyl (C=O) groups is 2. The third-order valence-corrected chi connectivity index (χ3v) is 6.23. The Bertz CT molecular complexity index is 815. The smallest absolute Gasteiger partial charge is 0.326 e. The van der Waals surface area contributed by atoms with Gasteiger partial charge in [-0.05, 0) is 61.5 Å². The molecule has 0 unspecified atom stereocenters. The molecule has 1 N–H and O–H groups in total. The molecule has 3 heterocycles. The number of amides is 1. The fourth-order valence-corrected chi connectivity index (χ4v) is 4.59. The van der Waals surface area contributed by atoms with Crippen LogP contribution in [0.3, 0.4) is 0 Å². The summed E-state index contributed by atoms with van der Waals surface area (Å²) >= 11 is 0. The lowest BCUT2D eigenvalue weighted by molar-refractivity contribution is -0.147. The molecule has 2 saturated heterocycles. The van der Waals surface area contributed by atoms with Crippen LogP contribution < -0.4 is 0 Å². The first kappa shape index (κ1) is 18.7. The van der Waals surface area contributed by atoms with Crippen LogP contribution >= 0.6 is 0 Å². The quantitative estimate of drug-likeness (QED) is 0.877. The summed E-state index contributed by atoms with van der Waals surface area (Å²) in [6.45, 7) is 4.79. The number of carboxylic acids is 1. The van der Waals surface area contributed by atoms with Crippen molar-refractivity contribution in [1.29, 1.82) is 0 Å². The maximum absolute atomic E-state index is 11.9. The minimum atomic E-state index is -0.883. The summed E-state index contributed by atoms with van der Waals surface area (Å²) in [7, 11) is 0. The highest BCUT2D eigenvalue weighted by molar-refractivity contribution is 5.83. The van der Waals surface area contributed by atoms with Gasteiger partial charge in [0.1, 0.15) is 6.04 Å². The molecule has 0 aliphatic carbocycles. The van der Waals surface area contributed by atoms with Crippen LogP contribution in [0.2, 0.25) is 0 Å². The summed E-state index contributed by atoms with van der Waals surface area (Å²) in [6.07, 6.45) is 6.14. The number of hydrogen-bond acceptors (Lipinski definition) is 4. The lowest BCUT2D eigenvalue weighted by Gasteiger charge is -2.39. The number of aliphatic carboxylic acids is 1. The predicted molar refractivity (Wildman–Crippen MR) is 104 cm³/mol. The van der Waals surface area contributed by atoms with Crippen molar-refractivity contribution in [2.24, 2.45) is 5.41 Å². The van der Waals surface area contributed by atoms with Crippen LogP contribution in [0.15, 0.2) is 42.7 Å². The van der Waals surface area contributed by atoms with Crippen molar-refractivity contribution in [3.05, 3.63) is 48.3 Å². The van der Waals surface area contributed by atoms with Gasteiger partial charge in [-0.3, -0.25) is 9.69 Å². The molecule has 2 aromatic rings. The largest absolute Gasteiger partial charge is 0.480 e. The van der Waals surface area contributed by atoms with Gasteiger partial charge in [-0.2, -0.15) is 5.10 Å². The minimum absolute atomic E-state index is 0.0465. The number of aromatic nitrogens is 2. The number of likely N-dealkylation sites (tertiary alicyclic amines) is 2. The minimum Gasteiger partial charge on any atom is -0.480 e. The average molecular weight is 382 g/mol. The number of benzene rings is 1. The van der Waals surface area contributed by atoms with Crippen LogP contribution in [0.1, 0.15) is 31.7 Å². The van der Waals surface area contributed by atoms with E-state index in [1.54, 1.807) is 11.1 Å². The zero-order valence-electron chi connectivity index (χ0n) is 16.1. The van der Waals surface area contributed by atoms with E-state index >= 15 is 0 Å². The average Bonchev–Trinajstić information content (AvgIpc) is 3.33. The maximum Gasteiger partial charge on any atom is 0.326 e. The highest BCUT2D eigenvalue weighted by atomic mass is 16.4. The predicted octanol–water partition coefficient (Wildman–Crippen LogP) is 2.16. The van der Waals surface area contributed by atoms with Crippen molar-refractivity contribution in [1.82, 2.24) is 19.6 Å². The Morgan fingerprint density at radius 2 is 1.93 bits per heavy atom. The molecule has 7 heteroatoms. The van der Waals surface area contributed by atoms with E-state index in [0.29, 0.717) is 13.0 Å². The van der Waals surface area contributed by atoms with Crippen molar-refractivity contribution in [3.63, 3.8) is 0 Å². The van der Waals surface area contributed by atoms with Gasteiger partial charge < -0.3 is 10.0 Å². The second-order valence-electron chi connectivity index (χ2n) is 8.10. The second-order valence-corrected chi connectivity index (χ2v) is 8.10. The van der Waals surface area contributed by atoms with Crippen molar-refractivity contribution in [2.45, 2.75) is 38.8 Å². The molecule has 28 heavy (non-hydrogen) atoms. The lowest BCUT2D eigenvalue weighted by atomic mass is 9.76. The zero-order valence-corrected chi connectivity index (χ0v) is 16.1. The molecule has 1 spiro atoms. The Balaban J connectivity index is 1.36. The van der Waals surface area contributed by atoms with E-state index in [9.17, 15) is 14.7 Å². The van der Waals surface area contributed by atoms with Gasteiger partial charge in [0.2, 0.25) is 5.91 Å². The summed E-state index contributed by atoms with van der Waals surface area (Å²) in [5, 5.41) is 13.7. The van der Waals surface area contributed by atoms with Crippen LogP contribution in [0.4, 0.5) is 0 Å². The van der Waals surface area contributed by atoms with Gasteiger partial charge in [-0.25, -0.2) is 9.48 Å². The van der Waals surface area contributed by atoms with Gasteiger partial charge in [-0.15, -0.1) is 0 Å². The summed E-state index contributed by atoms with van der Waals surface area (Å²) in [6, 6.07) is 9.66. The van der Waals surface area contributed by atoms with Crippen molar-refractivity contribution in [2.75, 3.05) is 19.6 Å². The van der Waals surface area contributed by atoms with E-state index in [0.717, 1.165) is 38.2 Å². The molecule has 4 rings (SSSR count). The van der Waals surface area contributed by atoms with Gasteiger partial charge in [0, 0.05) is 32.4 Å². The molecule has 1 amide bonds. The monoisotopic (exact) mass is 382 g/mol. The summed E-state index contributed by atoms with van der Waals surface area (Å²) in [4.78, 5) is 27.4. The van der Waals surface area contributed by atoms with Crippen molar-refractivity contribution < 1.29 is 14.7 Å². The van der Waals surface area contributed by atoms with Gasteiger partial charge in [0.25, 0.3) is 0 Å². The molecule has 0 saturated carbocycles. The van der Waals surface area contributed by atoms with Crippen LogP contribution in [0, 0.1) is 5.41 Å². The molecular formula is C21H26N4O3. The molecule has 7 nitrogen and oxygen atoms in total. The number of piperidine rings is 1. The normalized spacial score (nSPS) is 21.9. The van der Waals surface area contributed by atoms with Crippen LogP contribution in [0.5, 0.6) is 0 Å². The molecule has 2 aliphatic heterocycles. The molecule has 0 radical (unpaired) electrons. The van der Waals surface area contributed by atoms with Gasteiger partial charge in [-0.1, -0.05) is 12.1 Å². The molecule has 2 aliphatic rings. The summed E-state index contributed by atoms with van der Waals surface area (Å²) < 4.78 is 1.84. The number of rotatable bonds is 4. The zero-order chi connectivity index (χ0) is 19.7. The highest BCUT2D eigenvalue weighted by Crippen LogP contribution is 2.43. The topological polar surface area (TPSA) is 78.7 Å². The molecule has 0 bridgehead atoms. The Morgan fingerprint density at radius 3 is 2.46 bits per heavy atom.